The van der Waals surface area contributed by atoms with Crippen molar-refractivity contribution in [1.29, 1.82) is 0 Å². The largest absolute Gasteiger partial charge is 0.479 e. The number of anilines is 1. The van der Waals surface area contributed by atoms with E-state index in [0.29, 0.717) is 0 Å². The number of imidazole rings is 1. The van der Waals surface area contributed by atoms with Crippen LogP contribution in [0.1, 0.15) is 46.2 Å². The van der Waals surface area contributed by atoms with Crippen LogP contribution in [0.2, 0.25) is 5.28 Å². The van der Waals surface area contributed by atoms with Crippen molar-refractivity contribution in [2.75, 3.05) is 12.3 Å². The summed E-state index contributed by atoms with van der Waals surface area (Å²) in [6, 6.07) is 0. The fourth-order valence-electron chi connectivity index (χ4n) is 3.71. The van der Waals surface area contributed by atoms with E-state index in [1.54, 1.807) is 6.92 Å². The van der Waals surface area contributed by atoms with E-state index in [-0.39, 0.29) is 34.5 Å². The van der Waals surface area contributed by atoms with Crippen molar-refractivity contribution in [3.63, 3.8) is 0 Å². The third-order valence-electron chi connectivity index (χ3n) is 5.74. The number of carbonyl (C=O) groups is 1. The number of carboxylic acid groups (broad SMARTS) is 1. The fraction of sp³-hybridized carbons (Fsp3) is 0.632. The lowest BCUT2D eigenvalue weighted by Gasteiger charge is -2.27. The van der Waals surface area contributed by atoms with Crippen LogP contribution in [-0.2, 0) is 25.4 Å². The first kappa shape index (κ1) is 25.1. The number of nitrogens with zero attached hydrogens (tertiary/aromatic N) is 8. The molecule has 0 saturated carbocycles. The third kappa shape index (κ3) is 4.29. The molecular weight excluding hydrogens is 486 g/mol. The molecule has 190 valence electrons. The Morgan fingerprint density at radius 1 is 1.29 bits per heavy atom. The maximum absolute atomic E-state index is 12.3. The Morgan fingerprint density at radius 3 is 2.60 bits per heavy atom. The van der Waals surface area contributed by atoms with Crippen LogP contribution in [0.4, 0.5) is 5.82 Å². The molecule has 0 amide bonds. The van der Waals surface area contributed by atoms with Gasteiger partial charge in [0.25, 0.3) is 0 Å². The van der Waals surface area contributed by atoms with Gasteiger partial charge in [-0.05, 0) is 44.0 Å². The number of aromatic nitrogens is 8. The summed E-state index contributed by atoms with van der Waals surface area (Å²) >= 11 is 5.90. The molecule has 1 saturated heterocycles. The molecule has 5 N–H and O–H groups in total. The number of hydrogen-bond donors (Lipinski definition) is 4. The number of halogens is 1. The maximum atomic E-state index is 12.3. The van der Waals surface area contributed by atoms with Gasteiger partial charge in [0.1, 0.15) is 23.8 Å². The molecule has 0 bridgehead atoms. The Balaban J connectivity index is 1.58. The van der Waals surface area contributed by atoms with E-state index in [9.17, 15) is 20.1 Å². The smallest absolute Gasteiger partial charge is 0.344 e. The molecule has 1 unspecified atom stereocenters. The zero-order chi connectivity index (χ0) is 25.7. The normalized spacial score (nSPS) is 24.7. The summed E-state index contributed by atoms with van der Waals surface area (Å²) in [6.07, 6.45) is -3.79. The summed E-state index contributed by atoms with van der Waals surface area (Å²) in [4.78, 5) is 25.6. The Hall–Kier alpha value is -2.98. The maximum Gasteiger partial charge on any atom is 0.344 e. The number of aliphatic carboxylic acids is 1. The average Bonchev–Trinajstić information content (AvgIpc) is 3.49. The Morgan fingerprint density at radius 2 is 2.00 bits per heavy atom. The molecule has 1 aliphatic heterocycles. The van der Waals surface area contributed by atoms with Gasteiger partial charge in [-0.2, -0.15) is 14.8 Å². The highest BCUT2D eigenvalue weighted by Gasteiger charge is 2.49. The summed E-state index contributed by atoms with van der Waals surface area (Å²) in [5.74, 6) is -1.44. The molecule has 3 aromatic heterocycles. The first-order valence-corrected chi connectivity index (χ1v) is 11.1. The molecule has 5 atom stereocenters. The SMILES string of the molecule is CCC(OC[C@H]1O[C@@H](n2cnc3c(N)nc(Cl)nc32)[C@H](O)[C@H]1O)(C(=O)O)c1nnn(C(C)(C)C)n1. The molecule has 4 rings (SSSR count). The fourth-order valence-corrected chi connectivity index (χ4v) is 3.88. The predicted molar refractivity (Wildman–Crippen MR) is 119 cm³/mol. The lowest BCUT2D eigenvalue weighted by molar-refractivity contribution is -0.178. The van der Waals surface area contributed by atoms with Gasteiger partial charge in [-0.25, -0.2) is 9.78 Å². The Bertz CT molecular complexity index is 1240. The Kier molecular flexibility index (Phi) is 6.39. The lowest BCUT2D eigenvalue weighted by atomic mass is 9.99. The number of rotatable bonds is 7. The molecule has 1 fully saturated rings. The number of hydrogen-bond acceptors (Lipinski definition) is 12. The van der Waals surface area contributed by atoms with Crippen molar-refractivity contribution in [3.05, 3.63) is 17.4 Å². The van der Waals surface area contributed by atoms with Gasteiger partial charge in [-0.3, -0.25) is 4.57 Å². The molecular formula is C19H26ClN9O6. The van der Waals surface area contributed by atoms with Crippen LogP contribution in [0.5, 0.6) is 0 Å². The minimum Gasteiger partial charge on any atom is -0.479 e. The number of ether oxygens (including phenoxy) is 2. The second-order valence-corrected chi connectivity index (χ2v) is 9.46. The number of nitrogens with two attached hydrogens (primary N) is 1. The van der Waals surface area contributed by atoms with E-state index >= 15 is 0 Å². The number of aliphatic hydroxyl groups is 2. The van der Waals surface area contributed by atoms with Crippen molar-refractivity contribution in [3.8, 4) is 0 Å². The predicted octanol–water partition coefficient (Wildman–Crippen LogP) is -0.171. The first-order valence-electron chi connectivity index (χ1n) is 10.7. The van der Waals surface area contributed by atoms with Crippen LogP contribution < -0.4 is 5.73 Å². The van der Waals surface area contributed by atoms with Gasteiger partial charge in [0.2, 0.25) is 16.7 Å². The minimum absolute atomic E-state index is 0.0339. The van der Waals surface area contributed by atoms with E-state index in [4.69, 9.17) is 26.8 Å². The number of nitrogen functional groups attached to an aromatic ring is 1. The lowest BCUT2D eigenvalue weighted by Crippen LogP contribution is -2.43. The topological polar surface area (TPSA) is 209 Å². The summed E-state index contributed by atoms with van der Waals surface area (Å²) in [5, 5.41) is 43.2. The number of carboxylic acids is 1. The van der Waals surface area contributed by atoms with E-state index in [2.05, 4.69) is 30.4 Å². The zero-order valence-electron chi connectivity index (χ0n) is 19.4. The number of tetrazole rings is 1. The van der Waals surface area contributed by atoms with Crippen molar-refractivity contribution in [1.82, 2.24) is 39.7 Å². The second-order valence-electron chi connectivity index (χ2n) is 9.12. The highest BCUT2D eigenvalue weighted by atomic mass is 35.5. The zero-order valence-corrected chi connectivity index (χ0v) is 20.2. The van der Waals surface area contributed by atoms with Gasteiger partial charge in [0.05, 0.1) is 18.5 Å². The molecule has 15 nitrogen and oxygen atoms in total. The van der Waals surface area contributed by atoms with E-state index in [0.717, 1.165) is 0 Å². The molecule has 1 aliphatic rings. The van der Waals surface area contributed by atoms with Crippen LogP contribution in [0.3, 0.4) is 0 Å². The summed E-state index contributed by atoms with van der Waals surface area (Å²) in [5.41, 5.74) is 3.77. The highest BCUT2D eigenvalue weighted by molar-refractivity contribution is 6.28. The Labute approximate surface area is 203 Å². The molecule has 0 aliphatic carbocycles. The third-order valence-corrected chi connectivity index (χ3v) is 5.91. The second kappa shape index (κ2) is 8.91. The van der Waals surface area contributed by atoms with Crippen LogP contribution in [0.15, 0.2) is 6.33 Å². The number of fused-ring (bicyclic) bond motifs is 1. The van der Waals surface area contributed by atoms with Crippen LogP contribution in [0, 0.1) is 0 Å². The van der Waals surface area contributed by atoms with Gasteiger partial charge in [-0.15, -0.1) is 10.2 Å². The monoisotopic (exact) mass is 511 g/mol. The molecule has 0 radical (unpaired) electrons. The molecule has 0 aromatic carbocycles. The van der Waals surface area contributed by atoms with E-state index in [1.807, 2.05) is 20.8 Å². The minimum atomic E-state index is -1.95. The standard InChI is InChI=1S/C19H26ClN9O6/c1-5-19(16(32)33,15-25-27-29(26-15)18(2,3)4)34-6-8-10(30)11(31)14(35-8)28-7-22-9-12(21)23-17(20)24-13(9)28/h7-8,10-11,14,30-31H,5-6H2,1-4H3,(H,32,33)(H2,21,23,24)/t8-,10+,11-,14-,19?/m1/s1. The van der Waals surface area contributed by atoms with Gasteiger partial charge < -0.3 is 30.5 Å². The quantitative estimate of drug-likeness (QED) is 0.304. The molecule has 16 heteroatoms. The molecule has 4 heterocycles. The average molecular weight is 512 g/mol. The van der Waals surface area contributed by atoms with Gasteiger partial charge in [0, 0.05) is 0 Å². The molecule has 0 spiro atoms. The summed E-state index contributed by atoms with van der Waals surface area (Å²) in [6.45, 7) is 6.71. The van der Waals surface area contributed by atoms with Gasteiger partial charge in [0.15, 0.2) is 17.7 Å². The summed E-state index contributed by atoms with van der Waals surface area (Å²) in [7, 11) is 0. The van der Waals surface area contributed by atoms with Gasteiger partial charge in [-0.1, -0.05) is 6.92 Å². The van der Waals surface area contributed by atoms with E-state index in [1.165, 1.54) is 15.7 Å². The number of aliphatic hydroxyl groups excluding tert-OH is 2. The van der Waals surface area contributed by atoms with E-state index < -0.39 is 48.3 Å². The molecule has 3 aromatic rings. The highest BCUT2D eigenvalue weighted by Crippen LogP contribution is 2.35. The molecule has 35 heavy (non-hydrogen) atoms. The first-order chi connectivity index (χ1) is 16.4. The van der Waals surface area contributed by atoms with Crippen molar-refractivity contribution < 1.29 is 29.6 Å². The van der Waals surface area contributed by atoms with Crippen LogP contribution in [-0.4, -0.2) is 85.9 Å². The van der Waals surface area contributed by atoms with Crippen LogP contribution >= 0.6 is 11.6 Å². The summed E-state index contributed by atoms with van der Waals surface area (Å²) < 4.78 is 13.0. The van der Waals surface area contributed by atoms with Gasteiger partial charge >= 0.3 is 5.97 Å². The van der Waals surface area contributed by atoms with Crippen molar-refractivity contribution in [2.45, 2.75) is 69.8 Å². The van der Waals surface area contributed by atoms with Crippen molar-refractivity contribution in [2.24, 2.45) is 0 Å². The van der Waals surface area contributed by atoms with Crippen molar-refractivity contribution >= 4 is 34.6 Å². The van der Waals surface area contributed by atoms with Crippen LogP contribution in [0.25, 0.3) is 11.2 Å².